The molecule has 32 heteroatoms. The van der Waals surface area contributed by atoms with Crippen molar-refractivity contribution in [3.63, 3.8) is 0 Å². The molecule has 24 atom stereocenters. The van der Waals surface area contributed by atoms with Gasteiger partial charge in [0, 0.05) is 33.1 Å². The number of unbranched alkanes of at least 4 members (excludes halogenated alkanes) is 33. The molecule has 4 heterocycles. The van der Waals surface area contributed by atoms with Crippen LogP contribution in [-0.4, -0.2) is 290 Å². The van der Waals surface area contributed by atoms with Gasteiger partial charge in [0.05, 0.1) is 69.5 Å². The standard InChI is InChI=1S/C78H141N3O29/c1-5-7-9-11-13-15-17-19-20-21-22-23-24-25-26-27-28-30-32-34-36-38-40-42-60(92)81-52(53(88)41-39-37-35-33-31-29-18-16-14-12-10-8-6-2)49-103-73-67(97)66(96)69(59(48-85)105-73)106-74-68(98)72(64(94)57(46-83)104-74)110-78(76(101)102)44-55(90)62(80-51(4)87)71(109-78)65(95)58(47-84)107-77(75(99)100)43-54(89)61(79-50(3)86)70(108-77)63(93)56(91)45-82/h39,41,52-59,61-74,82-85,88-91,93-98H,5-38,40,42-49H2,1-4H3,(H,79,86)(H,80,87)(H,81,92)(H,99,100)(H,101,102)/t52-,53+,54-,55-,56+,57+,58+,59+,61+,62+,63+,64-,65+,66+,67?,68+,69+,70?,71?,72-,73+,74-,77+,78-/m0/s1. The molecule has 642 valence electrons. The first kappa shape index (κ1) is 98.6. The zero-order chi connectivity index (χ0) is 81.2. The average molecular weight is 1580 g/mol. The Kier molecular flexibility index (Phi) is 48.6. The highest BCUT2D eigenvalue weighted by Gasteiger charge is 2.62. The van der Waals surface area contributed by atoms with Gasteiger partial charge >= 0.3 is 11.9 Å². The van der Waals surface area contributed by atoms with Crippen LogP contribution in [0.4, 0.5) is 0 Å². The number of amides is 3. The van der Waals surface area contributed by atoms with E-state index in [0.29, 0.717) is 12.8 Å². The summed E-state index contributed by atoms with van der Waals surface area (Å²) in [6.45, 7) is 1.15. The Labute approximate surface area is 649 Å². The second-order valence-electron chi connectivity index (χ2n) is 30.7. The molecule has 0 radical (unpaired) electrons. The Balaban J connectivity index is 1.42. The molecule has 3 unspecified atom stereocenters. The first-order valence-corrected chi connectivity index (χ1v) is 41.2. The summed E-state index contributed by atoms with van der Waals surface area (Å²) in [5.74, 6) is -13.1. The van der Waals surface area contributed by atoms with Gasteiger partial charge in [-0.15, -0.1) is 0 Å². The van der Waals surface area contributed by atoms with E-state index >= 15 is 0 Å². The van der Waals surface area contributed by atoms with Crippen molar-refractivity contribution in [3.8, 4) is 0 Å². The Morgan fingerprint density at radius 1 is 0.491 bits per heavy atom. The fraction of sp³-hybridized carbons (Fsp3) is 0.910. The van der Waals surface area contributed by atoms with Gasteiger partial charge in [-0.3, -0.25) is 14.4 Å². The maximum Gasteiger partial charge on any atom is 0.364 e. The largest absolute Gasteiger partial charge is 0.477 e. The summed E-state index contributed by atoms with van der Waals surface area (Å²) in [7, 11) is 0. The van der Waals surface area contributed by atoms with Crippen molar-refractivity contribution in [2.75, 3.05) is 33.0 Å². The van der Waals surface area contributed by atoms with Crippen molar-refractivity contribution in [3.05, 3.63) is 12.2 Å². The lowest BCUT2D eigenvalue weighted by atomic mass is 9.87. The van der Waals surface area contributed by atoms with Gasteiger partial charge in [0.1, 0.15) is 85.5 Å². The van der Waals surface area contributed by atoms with Gasteiger partial charge in [0.15, 0.2) is 12.6 Å². The number of carbonyl (C=O) groups is 5. The Morgan fingerprint density at radius 3 is 1.34 bits per heavy atom. The van der Waals surface area contributed by atoms with Gasteiger partial charge in [0.2, 0.25) is 17.7 Å². The molecule has 4 rings (SSSR count). The summed E-state index contributed by atoms with van der Waals surface area (Å²) >= 11 is 0. The van der Waals surface area contributed by atoms with Crippen LogP contribution in [0.1, 0.15) is 272 Å². The van der Waals surface area contributed by atoms with Gasteiger partial charge in [0.25, 0.3) is 11.6 Å². The van der Waals surface area contributed by atoms with E-state index in [4.69, 9.17) is 37.9 Å². The molecule has 0 aromatic heterocycles. The molecule has 32 nitrogen and oxygen atoms in total. The number of aliphatic hydroxyl groups is 14. The van der Waals surface area contributed by atoms with E-state index in [1.165, 1.54) is 161 Å². The molecule has 4 saturated heterocycles. The van der Waals surface area contributed by atoms with Crippen LogP contribution in [0.25, 0.3) is 0 Å². The van der Waals surface area contributed by atoms with Crippen molar-refractivity contribution in [2.45, 2.75) is 418 Å². The SMILES string of the molecule is CCCCCCCCCCCCCC=C[C@@H](O)[C@H](CO[C@@H]1O[C@H](CO)[C@@H](O[C@@H]2O[C@H](CO)[C@H](O)[C@H](O[C@]3(C(=O)O)C[C@H](O)[C@@H](NC(C)=O)C([C@H](O)[C@@H](CO)O[C@]4(C(=O)O)C[C@H](O)[C@@H](NC(C)=O)C([C@H](O)[C@H](O)CO)O4)O3)[C@H]2O)[C@H](O)C1O)NC(=O)CCCCCCCCCCCCCCCCCCCCCCCCC. The minimum Gasteiger partial charge on any atom is -0.477 e. The highest BCUT2D eigenvalue weighted by Crippen LogP contribution is 2.41. The minimum absolute atomic E-state index is 0.156. The Morgan fingerprint density at radius 2 is 0.909 bits per heavy atom. The summed E-state index contributed by atoms with van der Waals surface area (Å²) in [4.78, 5) is 65.1. The molecule has 3 amide bonds. The van der Waals surface area contributed by atoms with E-state index in [2.05, 4.69) is 29.8 Å². The third kappa shape index (κ3) is 33.1. The van der Waals surface area contributed by atoms with Crippen molar-refractivity contribution >= 4 is 29.7 Å². The number of aliphatic carboxylic acids is 2. The van der Waals surface area contributed by atoms with Crippen LogP contribution in [0.5, 0.6) is 0 Å². The van der Waals surface area contributed by atoms with Gasteiger partial charge in [-0.05, 0) is 19.3 Å². The first-order valence-electron chi connectivity index (χ1n) is 41.2. The number of ether oxygens (including phenoxy) is 8. The summed E-state index contributed by atoms with van der Waals surface area (Å²) in [5, 5.41) is 185. The maximum atomic E-state index is 13.6. The number of hydrogen-bond acceptors (Lipinski definition) is 27. The van der Waals surface area contributed by atoms with E-state index in [-0.39, 0.29) is 12.3 Å². The minimum atomic E-state index is -3.39. The molecule has 0 saturated carbocycles. The van der Waals surface area contributed by atoms with Gasteiger partial charge in [-0.2, -0.15) is 0 Å². The molecule has 0 aromatic rings. The zero-order valence-corrected chi connectivity index (χ0v) is 65.7. The van der Waals surface area contributed by atoms with Crippen LogP contribution in [0.3, 0.4) is 0 Å². The maximum absolute atomic E-state index is 13.6. The molecule has 0 aliphatic carbocycles. The number of nitrogens with one attached hydrogen (secondary N) is 3. The predicted octanol–water partition coefficient (Wildman–Crippen LogP) is 3.46. The molecule has 0 spiro atoms. The summed E-state index contributed by atoms with van der Waals surface area (Å²) in [6.07, 6.45) is 2.81. The molecule has 0 aromatic carbocycles. The molecule has 0 bridgehead atoms. The lowest BCUT2D eigenvalue weighted by Crippen LogP contribution is -2.72. The van der Waals surface area contributed by atoms with Crippen LogP contribution in [0, 0.1) is 0 Å². The van der Waals surface area contributed by atoms with Gasteiger partial charge < -0.3 is 136 Å². The third-order valence-corrected chi connectivity index (χ3v) is 21.5. The summed E-state index contributed by atoms with van der Waals surface area (Å²) < 4.78 is 46.6. The molecule has 110 heavy (non-hydrogen) atoms. The quantitative estimate of drug-likeness (QED) is 0.0306. The number of rotatable bonds is 60. The van der Waals surface area contributed by atoms with Crippen molar-refractivity contribution < 1.29 is 144 Å². The zero-order valence-electron chi connectivity index (χ0n) is 65.7. The fourth-order valence-electron chi connectivity index (χ4n) is 14.9. The lowest BCUT2D eigenvalue weighted by Gasteiger charge is -2.51. The normalized spacial score (nSPS) is 30.3. The van der Waals surface area contributed by atoms with E-state index in [1.807, 2.05) is 6.08 Å². The van der Waals surface area contributed by atoms with Crippen LogP contribution < -0.4 is 16.0 Å². The van der Waals surface area contributed by atoms with E-state index in [0.717, 1.165) is 65.2 Å². The van der Waals surface area contributed by atoms with E-state index in [1.54, 1.807) is 6.08 Å². The summed E-state index contributed by atoms with van der Waals surface area (Å²) in [5.41, 5.74) is 0. The lowest BCUT2D eigenvalue weighted by molar-refractivity contribution is -0.388. The van der Waals surface area contributed by atoms with Crippen LogP contribution in [0.2, 0.25) is 0 Å². The highest BCUT2D eigenvalue weighted by atomic mass is 16.8. The summed E-state index contributed by atoms with van der Waals surface area (Å²) in [6, 6.07) is -4.73. The van der Waals surface area contributed by atoms with Crippen molar-refractivity contribution in [1.29, 1.82) is 0 Å². The Bertz CT molecular complexity index is 2550. The topological polar surface area (TPSA) is 519 Å². The number of carboxylic acid groups (broad SMARTS) is 2. The van der Waals surface area contributed by atoms with Gasteiger partial charge in [-0.25, -0.2) is 9.59 Å². The fourth-order valence-corrected chi connectivity index (χ4v) is 14.9. The number of hydrogen-bond donors (Lipinski definition) is 19. The van der Waals surface area contributed by atoms with Crippen molar-refractivity contribution in [2.24, 2.45) is 0 Å². The van der Waals surface area contributed by atoms with Crippen LogP contribution >= 0.6 is 0 Å². The number of carbonyl (C=O) groups excluding carboxylic acids is 3. The molecular formula is C78H141N3O29. The van der Waals surface area contributed by atoms with E-state index < -0.39 is 216 Å². The third-order valence-electron chi connectivity index (χ3n) is 21.5. The number of carboxylic acids is 2. The van der Waals surface area contributed by atoms with Crippen LogP contribution in [-0.2, 0) is 61.9 Å². The molecule has 19 N–H and O–H groups in total. The molecule has 4 aliphatic rings. The molecular weight excluding hydrogens is 1440 g/mol. The van der Waals surface area contributed by atoms with Crippen molar-refractivity contribution in [1.82, 2.24) is 16.0 Å². The number of aliphatic hydroxyl groups excluding tert-OH is 14. The number of allylic oxidation sites excluding steroid dienone is 1. The highest BCUT2D eigenvalue weighted by molar-refractivity contribution is 5.78. The molecule has 4 fully saturated rings. The first-order chi connectivity index (χ1) is 52.7. The smallest absolute Gasteiger partial charge is 0.364 e. The molecule has 4 aliphatic heterocycles. The van der Waals surface area contributed by atoms with Crippen LogP contribution in [0.15, 0.2) is 12.2 Å². The van der Waals surface area contributed by atoms with Gasteiger partial charge in [-0.1, -0.05) is 231 Å². The second-order valence-corrected chi connectivity index (χ2v) is 30.7. The second kappa shape index (κ2) is 54.2. The van der Waals surface area contributed by atoms with E-state index in [9.17, 15) is 106 Å². The predicted molar refractivity (Wildman–Crippen MR) is 400 cm³/mol. The average Bonchev–Trinajstić information content (AvgIpc) is 0.747. The monoisotopic (exact) mass is 1580 g/mol. The Hall–Kier alpha value is -3.79.